The molecule has 0 unspecified atom stereocenters. The quantitative estimate of drug-likeness (QED) is 0.271. The Hall–Kier alpha value is -3.36. The van der Waals surface area contributed by atoms with Crippen molar-refractivity contribution >= 4 is 33.7 Å². The molecule has 2 aromatic carbocycles. The highest BCUT2D eigenvalue weighted by Crippen LogP contribution is 2.35. The van der Waals surface area contributed by atoms with Crippen molar-refractivity contribution < 1.29 is 9.84 Å². The first-order valence-corrected chi connectivity index (χ1v) is 13.4. The highest BCUT2D eigenvalue weighted by Gasteiger charge is 2.21. The number of likely N-dealkylation sites (tertiary alicyclic amines) is 1. The predicted molar refractivity (Wildman–Crippen MR) is 150 cm³/mol. The van der Waals surface area contributed by atoms with Gasteiger partial charge in [-0.05, 0) is 62.5 Å². The van der Waals surface area contributed by atoms with Gasteiger partial charge in [-0.2, -0.15) is 4.98 Å². The van der Waals surface area contributed by atoms with E-state index in [9.17, 15) is 5.11 Å². The van der Waals surface area contributed by atoms with Gasteiger partial charge >= 0.3 is 0 Å². The minimum Gasteiger partial charge on any atom is -0.496 e. The lowest BCUT2D eigenvalue weighted by atomic mass is 10.1. The maximum absolute atomic E-state index is 9.64. The predicted octanol–water partition coefficient (Wildman–Crippen LogP) is 4.78. The Bertz CT molecular complexity index is 1360. The van der Waals surface area contributed by atoms with E-state index >= 15 is 0 Å². The Balaban J connectivity index is 1.62. The van der Waals surface area contributed by atoms with Gasteiger partial charge in [0, 0.05) is 30.1 Å². The van der Waals surface area contributed by atoms with Gasteiger partial charge in [-0.1, -0.05) is 37.6 Å². The molecule has 5 rings (SSSR count). The molecule has 1 atom stereocenters. The van der Waals surface area contributed by atoms with Crippen LogP contribution in [0.15, 0.2) is 42.5 Å². The zero-order chi connectivity index (χ0) is 25.8. The van der Waals surface area contributed by atoms with Gasteiger partial charge in [0.1, 0.15) is 16.8 Å². The summed E-state index contributed by atoms with van der Waals surface area (Å²) in [5, 5.41) is 14.3. The molecule has 0 spiro atoms. The molecule has 196 valence electrons. The molecule has 37 heavy (non-hydrogen) atoms. The number of nitrogens with one attached hydrogen (secondary N) is 1. The summed E-state index contributed by atoms with van der Waals surface area (Å²) >= 11 is 0. The van der Waals surface area contributed by atoms with Crippen LogP contribution < -0.4 is 15.8 Å². The van der Waals surface area contributed by atoms with E-state index in [1.54, 1.807) is 7.11 Å². The Morgan fingerprint density at radius 3 is 2.65 bits per heavy atom. The molecule has 0 aliphatic carbocycles. The van der Waals surface area contributed by atoms with Gasteiger partial charge in [-0.25, -0.2) is 4.98 Å². The largest absolute Gasteiger partial charge is 0.496 e. The van der Waals surface area contributed by atoms with E-state index < -0.39 is 0 Å². The second kappa shape index (κ2) is 11.4. The fourth-order valence-corrected chi connectivity index (χ4v) is 5.62. The van der Waals surface area contributed by atoms with E-state index in [-0.39, 0.29) is 18.6 Å². The Morgan fingerprint density at radius 2 is 1.89 bits per heavy atom. The van der Waals surface area contributed by atoms with Crippen molar-refractivity contribution in [2.45, 2.75) is 58.2 Å². The topological polar surface area (TPSA) is 101 Å². The van der Waals surface area contributed by atoms with Crippen molar-refractivity contribution in [3.05, 3.63) is 53.6 Å². The van der Waals surface area contributed by atoms with Crippen LogP contribution in [0.1, 0.15) is 50.2 Å². The number of aliphatic hydroxyl groups excluding tert-OH is 1. The van der Waals surface area contributed by atoms with Crippen molar-refractivity contribution in [3.8, 4) is 5.75 Å². The van der Waals surface area contributed by atoms with Crippen molar-refractivity contribution in [2.24, 2.45) is 0 Å². The molecule has 4 aromatic rings. The van der Waals surface area contributed by atoms with Crippen LogP contribution in [0.25, 0.3) is 21.9 Å². The first-order valence-electron chi connectivity index (χ1n) is 13.4. The lowest BCUT2D eigenvalue weighted by molar-refractivity contribution is 0.276. The molecular weight excluding hydrogens is 464 g/mol. The van der Waals surface area contributed by atoms with Crippen LogP contribution in [0.5, 0.6) is 5.75 Å². The number of nitrogens with two attached hydrogens (primary N) is 1. The van der Waals surface area contributed by atoms with Gasteiger partial charge in [-0.3, -0.25) is 4.90 Å². The number of hydrogen-bond acceptors (Lipinski definition) is 7. The van der Waals surface area contributed by atoms with Crippen LogP contribution in [-0.4, -0.2) is 57.4 Å². The molecule has 1 saturated heterocycles. The summed E-state index contributed by atoms with van der Waals surface area (Å²) in [6.45, 7) is 6.15. The summed E-state index contributed by atoms with van der Waals surface area (Å²) in [6, 6.07) is 14.9. The average Bonchev–Trinajstić information content (AvgIpc) is 3.51. The fraction of sp³-hybridized carbons (Fsp3) is 0.448. The second-order valence-corrected chi connectivity index (χ2v) is 10.0. The van der Waals surface area contributed by atoms with Crippen LogP contribution in [0.3, 0.4) is 0 Å². The number of ether oxygens (including phenoxy) is 1. The number of nitrogen functional groups attached to an aromatic ring is 1. The maximum Gasteiger partial charge on any atom is 0.222 e. The number of methoxy groups -OCH3 is 1. The maximum atomic E-state index is 9.64. The molecule has 3 heterocycles. The molecule has 2 aromatic heterocycles. The molecule has 0 radical (unpaired) electrons. The Kier molecular flexibility index (Phi) is 7.76. The van der Waals surface area contributed by atoms with Gasteiger partial charge < -0.3 is 25.5 Å². The van der Waals surface area contributed by atoms with Crippen molar-refractivity contribution in [2.75, 3.05) is 37.9 Å². The van der Waals surface area contributed by atoms with E-state index in [0.717, 1.165) is 65.7 Å². The third-order valence-corrected chi connectivity index (χ3v) is 7.35. The molecule has 4 N–H and O–H groups in total. The number of nitrogens with zero attached hydrogens (tertiary/aromatic N) is 4. The lowest BCUT2D eigenvalue weighted by Gasteiger charge is -2.20. The molecule has 0 amide bonds. The molecule has 1 aliphatic rings. The first-order chi connectivity index (χ1) is 18.1. The number of aromatic nitrogens is 3. The third kappa shape index (κ3) is 5.36. The number of rotatable bonds is 11. The van der Waals surface area contributed by atoms with E-state index in [1.165, 1.54) is 18.4 Å². The normalized spacial score (nSPS) is 15.0. The van der Waals surface area contributed by atoms with Crippen molar-refractivity contribution in [3.63, 3.8) is 0 Å². The van der Waals surface area contributed by atoms with Crippen LogP contribution in [0, 0.1) is 0 Å². The van der Waals surface area contributed by atoms with Crippen molar-refractivity contribution in [1.82, 2.24) is 19.4 Å². The minimum atomic E-state index is 0.0947. The lowest BCUT2D eigenvalue weighted by Crippen LogP contribution is -2.22. The summed E-state index contributed by atoms with van der Waals surface area (Å²) in [5.41, 5.74) is 11.4. The average molecular weight is 503 g/mol. The highest BCUT2D eigenvalue weighted by atomic mass is 16.5. The molecular formula is C29H38N6O2. The van der Waals surface area contributed by atoms with Gasteiger partial charge in [0.15, 0.2) is 5.82 Å². The number of fused-ring (bicyclic) bond motifs is 3. The number of benzene rings is 2. The van der Waals surface area contributed by atoms with E-state index in [4.69, 9.17) is 10.5 Å². The van der Waals surface area contributed by atoms with E-state index in [2.05, 4.69) is 62.0 Å². The summed E-state index contributed by atoms with van der Waals surface area (Å²) < 4.78 is 8.07. The van der Waals surface area contributed by atoms with Gasteiger partial charge in [0.05, 0.1) is 19.2 Å². The number of aliphatic hydroxyl groups is 1. The monoisotopic (exact) mass is 502 g/mol. The van der Waals surface area contributed by atoms with Crippen molar-refractivity contribution in [1.29, 1.82) is 0 Å². The van der Waals surface area contributed by atoms with Gasteiger partial charge in [-0.15, -0.1) is 0 Å². The number of anilines is 2. The van der Waals surface area contributed by atoms with E-state index in [1.807, 2.05) is 12.1 Å². The summed E-state index contributed by atoms with van der Waals surface area (Å²) in [6.07, 6.45) is 5.13. The van der Waals surface area contributed by atoms with Gasteiger partial charge in [0.25, 0.3) is 0 Å². The molecule has 0 saturated carbocycles. The van der Waals surface area contributed by atoms with Crippen LogP contribution in [0.4, 0.5) is 11.8 Å². The standard InChI is InChI=1S/C29H38N6O2/c1-3-8-22(13-16-36)31-28-27-26(32-29(30)33-28)23-9-4-5-10-24(23)35(27)19-21-17-20(11-12-25(21)37-2)18-34-14-6-7-15-34/h4-5,9-12,17,22,36H,3,6-8,13-16,18-19H2,1-2H3,(H3,30,31,32,33)/t22-/m0/s1. The van der Waals surface area contributed by atoms with Crippen LogP contribution in [-0.2, 0) is 13.1 Å². The minimum absolute atomic E-state index is 0.0947. The SMILES string of the molecule is CCC[C@@H](CCO)Nc1nc(N)nc2c3ccccc3n(Cc3cc(CN4CCCC4)ccc3OC)c12. The molecule has 8 nitrogen and oxygen atoms in total. The summed E-state index contributed by atoms with van der Waals surface area (Å²) in [7, 11) is 1.73. The summed E-state index contributed by atoms with van der Waals surface area (Å²) in [5.74, 6) is 1.81. The number of hydrogen-bond donors (Lipinski definition) is 3. The van der Waals surface area contributed by atoms with Crippen LogP contribution in [0.2, 0.25) is 0 Å². The zero-order valence-corrected chi connectivity index (χ0v) is 21.9. The Morgan fingerprint density at radius 1 is 1.08 bits per heavy atom. The zero-order valence-electron chi connectivity index (χ0n) is 21.9. The number of para-hydroxylation sites is 1. The van der Waals surface area contributed by atoms with E-state index in [0.29, 0.717) is 18.8 Å². The Labute approximate surface area is 218 Å². The highest BCUT2D eigenvalue weighted by molar-refractivity contribution is 6.09. The molecule has 1 aliphatic heterocycles. The smallest absolute Gasteiger partial charge is 0.222 e. The molecule has 0 bridgehead atoms. The first kappa shape index (κ1) is 25.3. The van der Waals surface area contributed by atoms with Crippen LogP contribution >= 0.6 is 0 Å². The third-order valence-electron chi connectivity index (χ3n) is 7.35. The summed E-state index contributed by atoms with van der Waals surface area (Å²) in [4.78, 5) is 11.8. The van der Waals surface area contributed by atoms with Gasteiger partial charge in [0.2, 0.25) is 5.95 Å². The molecule has 8 heteroatoms. The fourth-order valence-electron chi connectivity index (χ4n) is 5.62. The molecule has 1 fully saturated rings. The second-order valence-electron chi connectivity index (χ2n) is 10.0.